The van der Waals surface area contributed by atoms with Gasteiger partial charge in [-0.1, -0.05) is 12.1 Å². The number of aromatic nitrogens is 1. The number of hydrogen-bond donors (Lipinski definition) is 0. The Kier molecular flexibility index (Phi) is 6.09. The summed E-state index contributed by atoms with van der Waals surface area (Å²) in [7, 11) is -2.97. The second-order valence-corrected chi connectivity index (χ2v) is 12.0. The summed E-state index contributed by atoms with van der Waals surface area (Å²) in [6, 6.07) is 8.40. The third-order valence-corrected chi connectivity index (χ3v) is 9.10. The first-order valence-electron chi connectivity index (χ1n) is 11.9. The minimum absolute atomic E-state index is 0.0501. The zero-order valence-corrected chi connectivity index (χ0v) is 20.4. The number of hydrogen-bond acceptors (Lipinski definition) is 6. The maximum Gasteiger partial charge on any atom is 0.178 e. The first-order chi connectivity index (χ1) is 15.8. The minimum atomic E-state index is -2.97. The number of piperazine rings is 1. The van der Waals surface area contributed by atoms with E-state index in [1.54, 1.807) is 0 Å². The Morgan fingerprint density at radius 2 is 1.85 bits per heavy atom. The van der Waals surface area contributed by atoms with E-state index < -0.39 is 9.84 Å². The summed E-state index contributed by atoms with van der Waals surface area (Å²) in [6.07, 6.45) is 1.63. The van der Waals surface area contributed by atoms with Crippen molar-refractivity contribution in [2.45, 2.75) is 39.3 Å². The van der Waals surface area contributed by atoms with Crippen LogP contribution in [-0.4, -0.2) is 79.4 Å². The summed E-state index contributed by atoms with van der Waals surface area (Å²) < 4.78 is 31.5. The van der Waals surface area contributed by atoms with Gasteiger partial charge in [0.15, 0.2) is 15.6 Å². The fraction of sp³-hybridized carbons (Fsp3) is 0.560. The van der Waals surface area contributed by atoms with Crippen LogP contribution >= 0.6 is 0 Å². The van der Waals surface area contributed by atoms with Crippen LogP contribution in [0.25, 0.3) is 0 Å². The van der Waals surface area contributed by atoms with Crippen LogP contribution in [0.4, 0.5) is 0 Å². The summed E-state index contributed by atoms with van der Waals surface area (Å²) >= 11 is 0. The van der Waals surface area contributed by atoms with Gasteiger partial charge in [-0.25, -0.2) is 8.42 Å². The monoisotopic (exact) mass is 471 g/mol. The number of nitrogens with zero attached hydrogens (tertiary/aromatic N) is 3. The van der Waals surface area contributed by atoms with Crippen LogP contribution in [0.1, 0.15) is 45.3 Å². The van der Waals surface area contributed by atoms with Crippen molar-refractivity contribution in [3.05, 3.63) is 52.3 Å². The highest BCUT2D eigenvalue weighted by molar-refractivity contribution is 7.91. The van der Waals surface area contributed by atoms with Gasteiger partial charge in [0.25, 0.3) is 0 Å². The molecule has 1 unspecified atom stereocenters. The normalized spacial score (nSPS) is 22.9. The molecule has 33 heavy (non-hydrogen) atoms. The molecule has 8 heteroatoms. The van der Waals surface area contributed by atoms with Gasteiger partial charge in [-0.2, -0.15) is 0 Å². The number of sulfone groups is 1. The molecule has 7 nitrogen and oxygen atoms in total. The highest BCUT2D eigenvalue weighted by atomic mass is 32.2. The van der Waals surface area contributed by atoms with E-state index in [1.165, 1.54) is 11.1 Å². The Morgan fingerprint density at radius 3 is 2.58 bits per heavy atom. The Morgan fingerprint density at radius 1 is 1.09 bits per heavy atom. The maximum atomic E-state index is 13.1. The van der Waals surface area contributed by atoms with Crippen molar-refractivity contribution in [3.63, 3.8) is 0 Å². The quantitative estimate of drug-likeness (QED) is 0.603. The number of benzene rings is 1. The van der Waals surface area contributed by atoms with Gasteiger partial charge in [-0.15, -0.1) is 0 Å². The van der Waals surface area contributed by atoms with Gasteiger partial charge in [0.2, 0.25) is 0 Å². The highest BCUT2D eigenvalue weighted by Crippen LogP contribution is 2.30. The lowest BCUT2D eigenvalue weighted by molar-refractivity contribution is 0.0843. The molecule has 1 aromatic heterocycles. The minimum Gasteiger partial charge on any atom is -0.493 e. The first kappa shape index (κ1) is 22.6. The van der Waals surface area contributed by atoms with Gasteiger partial charge in [0.05, 0.1) is 24.7 Å². The Labute approximate surface area is 196 Å². The van der Waals surface area contributed by atoms with Crippen molar-refractivity contribution in [2.75, 3.05) is 50.8 Å². The fourth-order valence-corrected chi connectivity index (χ4v) is 7.29. The number of ketones is 1. The maximum absolute atomic E-state index is 13.1. The number of rotatable bonds is 6. The summed E-state index contributed by atoms with van der Waals surface area (Å²) in [5.41, 5.74) is 5.25. The van der Waals surface area contributed by atoms with E-state index in [-0.39, 0.29) is 23.3 Å². The largest absolute Gasteiger partial charge is 0.493 e. The smallest absolute Gasteiger partial charge is 0.178 e. The lowest BCUT2D eigenvalue weighted by Gasteiger charge is -2.34. The van der Waals surface area contributed by atoms with Crippen molar-refractivity contribution in [1.29, 1.82) is 0 Å². The Balaban J connectivity index is 1.17. The number of fused-ring (bicyclic) bond motifs is 1. The molecule has 0 radical (unpaired) electrons. The number of aryl methyl sites for hydroxylation is 1. The second-order valence-electron chi connectivity index (χ2n) is 9.73. The molecule has 1 atom stereocenters. The second kappa shape index (κ2) is 8.89. The van der Waals surface area contributed by atoms with Crippen molar-refractivity contribution >= 4 is 15.6 Å². The summed E-state index contributed by atoms with van der Waals surface area (Å²) in [5, 5.41) is 0. The molecule has 0 aliphatic carbocycles. The molecule has 0 spiro atoms. The van der Waals surface area contributed by atoms with Crippen LogP contribution in [0.15, 0.2) is 24.3 Å². The molecule has 0 amide bonds. The number of ether oxygens (including phenoxy) is 1. The van der Waals surface area contributed by atoms with Crippen molar-refractivity contribution in [3.8, 4) is 5.75 Å². The number of carbonyl (C=O) groups is 1. The average Bonchev–Trinajstić information content (AvgIpc) is 3.46. The molecule has 3 aliphatic rings. The van der Waals surface area contributed by atoms with Crippen LogP contribution < -0.4 is 4.74 Å². The van der Waals surface area contributed by atoms with E-state index in [4.69, 9.17) is 4.74 Å². The lowest BCUT2D eigenvalue weighted by Crippen LogP contribution is -2.47. The Hall–Kier alpha value is -2.16. The van der Waals surface area contributed by atoms with Crippen molar-refractivity contribution < 1.29 is 17.9 Å². The average molecular weight is 472 g/mol. The van der Waals surface area contributed by atoms with E-state index in [0.717, 1.165) is 68.5 Å². The van der Waals surface area contributed by atoms with Gasteiger partial charge >= 0.3 is 0 Å². The summed E-state index contributed by atoms with van der Waals surface area (Å²) in [5.74, 6) is 1.57. The predicted molar refractivity (Wildman–Crippen MR) is 128 cm³/mol. The van der Waals surface area contributed by atoms with Gasteiger partial charge in [-0.3, -0.25) is 14.6 Å². The number of Topliss-reactive ketones (excluding diaryl/α,β-unsaturated/α-hetero) is 1. The molecular formula is C25H33N3O4S. The predicted octanol–water partition coefficient (Wildman–Crippen LogP) is 2.40. The van der Waals surface area contributed by atoms with Crippen molar-refractivity contribution in [2.24, 2.45) is 0 Å². The van der Waals surface area contributed by atoms with Crippen LogP contribution in [0.5, 0.6) is 5.75 Å². The van der Waals surface area contributed by atoms with Gasteiger partial charge in [-0.05, 0) is 43.5 Å². The van der Waals surface area contributed by atoms with Gasteiger partial charge < -0.3 is 9.30 Å². The lowest BCUT2D eigenvalue weighted by atomic mass is 10.1. The zero-order valence-electron chi connectivity index (χ0n) is 19.5. The molecule has 2 fully saturated rings. The topological polar surface area (TPSA) is 71.8 Å². The van der Waals surface area contributed by atoms with Crippen LogP contribution in [0, 0.1) is 13.8 Å². The van der Waals surface area contributed by atoms with Gasteiger partial charge in [0, 0.05) is 62.1 Å². The Bertz CT molecular complexity index is 1160. The van der Waals surface area contributed by atoms with E-state index in [2.05, 4.69) is 32.6 Å². The molecule has 178 valence electrons. The highest BCUT2D eigenvalue weighted by Gasteiger charge is 2.32. The molecule has 0 saturated carbocycles. The number of carbonyl (C=O) groups excluding carboxylic acids is 1. The van der Waals surface area contributed by atoms with E-state index in [0.29, 0.717) is 13.0 Å². The molecule has 2 saturated heterocycles. The molecule has 5 rings (SSSR count). The van der Waals surface area contributed by atoms with Crippen LogP contribution in [0.3, 0.4) is 0 Å². The molecule has 4 heterocycles. The third-order valence-electron chi connectivity index (χ3n) is 7.35. The van der Waals surface area contributed by atoms with Crippen LogP contribution in [0.2, 0.25) is 0 Å². The van der Waals surface area contributed by atoms with Gasteiger partial charge in [0.1, 0.15) is 5.75 Å². The van der Waals surface area contributed by atoms with Crippen molar-refractivity contribution in [1.82, 2.24) is 14.4 Å². The standard InChI is InChI=1S/C25H33N3O4S/c1-18-13-23(19(2)28(18)22-6-12-33(30,31)17-22)24(29)16-27-9-7-26(8-10-27)15-20-3-4-25-21(14-20)5-11-32-25/h3-4,13-14,22H,5-12,15-17H2,1-2H3. The summed E-state index contributed by atoms with van der Waals surface area (Å²) in [6.45, 7) is 9.69. The molecule has 0 N–H and O–H groups in total. The molecule has 3 aliphatic heterocycles. The van der Waals surface area contributed by atoms with E-state index in [9.17, 15) is 13.2 Å². The molecule has 1 aromatic carbocycles. The van der Waals surface area contributed by atoms with Crippen LogP contribution in [-0.2, 0) is 22.8 Å². The zero-order chi connectivity index (χ0) is 23.2. The molecular weight excluding hydrogens is 438 g/mol. The molecule has 2 aromatic rings. The fourth-order valence-electron chi connectivity index (χ4n) is 5.59. The summed E-state index contributed by atoms with van der Waals surface area (Å²) in [4.78, 5) is 17.8. The first-order valence-corrected chi connectivity index (χ1v) is 13.7. The third kappa shape index (κ3) is 4.74. The SMILES string of the molecule is Cc1cc(C(=O)CN2CCN(Cc3ccc4c(c3)CCO4)CC2)c(C)n1C1CCS(=O)(=O)C1. The van der Waals surface area contributed by atoms with E-state index >= 15 is 0 Å². The molecule has 0 bridgehead atoms. The van der Waals surface area contributed by atoms with E-state index in [1.807, 2.05) is 19.9 Å².